The Balaban J connectivity index is 1.80. The summed E-state index contributed by atoms with van der Waals surface area (Å²) in [5, 5.41) is 12.7. The first-order valence-electron chi connectivity index (χ1n) is 13.9. The number of aliphatic carboxylic acids is 1. The highest BCUT2D eigenvalue weighted by atomic mass is 16.7. The minimum atomic E-state index is -1.72. The molecule has 2 amide bonds. The van der Waals surface area contributed by atoms with Crippen molar-refractivity contribution in [3.05, 3.63) is 83.7 Å². The van der Waals surface area contributed by atoms with E-state index in [1.807, 2.05) is 44.2 Å². The number of aromatic amines is 1. The van der Waals surface area contributed by atoms with E-state index in [2.05, 4.69) is 20.6 Å². The predicted molar refractivity (Wildman–Crippen MR) is 159 cm³/mol. The van der Waals surface area contributed by atoms with Gasteiger partial charge in [-0.1, -0.05) is 69.3 Å². The lowest BCUT2D eigenvalue weighted by Crippen LogP contribution is -2.54. The van der Waals surface area contributed by atoms with Crippen molar-refractivity contribution < 1.29 is 33.9 Å². The van der Waals surface area contributed by atoms with Gasteiger partial charge in [0, 0.05) is 29.9 Å². The van der Waals surface area contributed by atoms with Gasteiger partial charge in [-0.2, -0.15) is 4.79 Å². The number of hydrogen-bond acceptors (Lipinski definition) is 6. The second kappa shape index (κ2) is 13.3. The molecule has 0 aliphatic carbocycles. The van der Waals surface area contributed by atoms with E-state index >= 15 is 0 Å². The number of rotatable bonds is 13. The van der Waals surface area contributed by atoms with Crippen molar-refractivity contribution in [1.82, 2.24) is 15.8 Å². The SMILES string of the molecule is CCC(=O)N(c1c[nH]c2ccccc12)[C@H](C1=CC(Cc2ccccc2)(C(=O)N[C@@H](CC(=O)O)C(=O)C=[N+]=[N-])ON1)C(C)C. The number of nitrogens with zero attached hydrogens (tertiary/aromatic N) is 3. The van der Waals surface area contributed by atoms with Gasteiger partial charge in [0.25, 0.3) is 11.7 Å². The lowest BCUT2D eigenvalue weighted by Gasteiger charge is -2.34. The highest BCUT2D eigenvalue weighted by molar-refractivity contribution is 6.28. The molecule has 0 saturated carbocycles. The van der Waals surface area contributed by atoms with Gasteiger partial charge in [0.05, 0.1) is 23.8 Å². The average Bonchev–Trinajstić information content (AvgIpc) is 3.60. The number of hydroxylamine groups is 1. The Morgan fingerprint density at radius 2 is 1.81 bits per heavy atom. The van der Waals surface area contributed by atoms with Gasteiger partial charge in [-0.3, -0.25) is 29.5 Å². The van der Waals surface area contributed by atoms with E-state index in [0.29, 0.717) is 17.6 Å². The molecule has 43 heavy (non-hydrogen) atoms. The summed E-state index contributed by atoms with van der Waals surface area (Å²) < 4.78 is 0. The van der Waals surface area contributed by atoms with Crippen molar-refractivity contribution in [3.63, 3.8) is 0 Å². The van der Waals surface area contributed by atoms with Crippen LogP contribution in [0, 0.1) is 5.92 Å². The van der Waals surface area contributed by atoms with Crippen LogP contribution in [0.5, 0.6) is 0 Å². The molecule has 3 atom stereocenters. The number of nitrogens with one attached hydrogen (secondary N) is 3. The molecular formula is C31H34N6O6. The van der Waals surface area contributed by atoms with Gasteiger partial charge in [0.2, 0.25) is 5.91 Å². The summed E-state index contributed by atoms with van der Waals surface area (Å²) in [6.07, 6.45) is 3.41. The zero-order valence-electron chi connectivity index (χ0n) is 24.1. The number of carboxylic acid groups (broad SMARTS) is 1. The third-order valence-electron chi connectivity index (χ3n) is 7.27. The minimum Gasteiger partial charge on any atom is -0.481 e. The number of carbonyl (C=O) groups excluding carboxylic acids is 3. The molecule has 4 N–H and O–H groups in total. The number of carboxylic acids is 1. The fourth-order valence-corrected chi connectivity index (χ4v) is 5.27. The van der Waals surface area contributed by atoms with Crippen LogP contribution in [-0.4, -0.2) is 62.3 Å². The van der Waals surface area contributed by atoms with Gasteiger partial charge in [-0.15, -0.1) is 0 Å². The first-order chi connectivity index (χ1) is 20.6. The van der Waals surface area contributed by atoms with E-state index in [4.69, 9.17) is 10.4 Å². The van der Waals surface area contributed by atoms with Crippen molar-refractivity contribution in [2.75, 3.05) is 4.90 Å². The Bertz CT molecular complexity index is 1590. The molecule has 1 unspecified atom stereocenters. The van der Waals surface area contributed by atoms with E-state index in [0.717, 1.165) is 16.5 Å². The van der Waals surface area contributed by atoms with Crippen molar-refractivity contribution >= 4 is 46.4 Å². The van der Waals surface area contributed by atoms with Crippen LogP contribution >= 0.6 is 0 Å². The fourth-order valence-electron chi connectivity index (χ4n) is 5.27. The number of para-hydroxylation sites is 1. The maximum atomic E-state index is 13.9. The average molecular weight is 587 g/mol. The van der Waals surface area contributed by atoms with Gasteiger partial charge >= 0.3 is 12.2 Å². The largest absolute Gasteiger partial charge is 0.481 e. The Morgan fingerprint density at radius 1 is 1.12 bits per heavy atom. The van der Waals surface area contributed by atoms with Crippen LogP contribution < -0.4 is 15.7 Å². The molecule has 12 heteroatoms. The number of carbonyl (C=O) groups is 4. The van der Waals surface area contributed by atoms with E-state index in [9.17, 15) is 24.3 Å². The highest BCUT2D eigenvalue weighted by Gasteiger charge is 2.47. The number of amides is 2. The zero-order chi connectivity index (χ0) is 31.1. The summed E-state index contributed by atoms with van der Waals surface area (Å²) in [7, 11) is 0. The molecule has 1 aliphatic heterocycles. The normalized spacial score (nSPS) is 17.3. The first kappa shape index (κ1) is 30.9. The molecule has 2 aromatic carbocycles. The fraction of sp³-hybridized carbons (Fsp3) is 0.323. The quantitative estimate of drug-likeness (QED) is 0.135. The van der Waals surface area contributed by atoms with Crippen LogP contribution in [0.4, 0.5) is 5.69 Å². The molecule has 0 saturated heterocycles. The Kier molecular flexibility index (Phi) is 9.54. The molecule has 3 aromatic rings. The van der Waals surface area contributed by atoms with Gasteiger partial charge < -0.3 is 25.8 Å². The number of Topliss-reactive ketones (excluding diaryl/α,β-unsaturated/α-hetero) is 1. The molecule has 4 rings (SSSR count). The number of benzene rings is 2. The van der Waals surface area contributed by atoms with Gasteiger partial charge in [0.1, 0.15) is 6.04 Å². The molecule has 1 aliphatic rings. The molecule has 1 aromatic heterocycles. The van der Waals surface area contributed by atoms with E-state index in [-0.39, 0.29) is 24.7 Å². The molecule has 224 valence electrons. The topological polar surface area (TPSA) is 177 Å². The predicted octanol–water partition coefficient (Wildman–Crippen LogP) is 3.16. The van der Waals surface area contributed by atoms with E-state index in [1.165, 1.54) is 0 Å². The summed E-state index contributed by atoms with van der Waals surface area (Å²) >= 11 is 0. The highest BCUT2D eigenvalue weighted by Crippen LogP contribution is 2.36. The number of ketones is 1. The molecular weight excluding hydrogens is 552 g/mol. The Labute approximate surface area is 248 Å². The smallest absolute Gasteiger partial charge is 0.325 e. The van der Waals surface area contributed by atoms with Crippen LogP contribution in [-0.2, 0) is 30.4 Å². The van der Waals surface area contributed by atoms with Crippen LogP contribution in [0.25, 0.3) is 16.4 Å². The monoisotopic (exact) mass is 586 g/mol. The molecule has 0 fully saturated rings. The number of anilines is 1. The van der Waals surface area contributed by atoms with Crippen LogP contribution in [0.1, 0.15) is 39.2 Å². The lowest BCUT2D eigenvalue weighted by molar-refractivity contribution is -0.147. The summed E-state index contributed by atoms with van der Waals surface area (Å²) in [4.78, 5) is 65.0. The summed E-state index contributed by atoms with van der Waals surface area (Å²) in [6.45, 7) is 5.67. The standard InChI is InChI=1S/C31H34N6O6/c1-4-27(39)37(25-17-33-22-13-9-8-12-21(22)25)29(19(2)3)24-16-31(43-36-24,15-20-10-6-5-7-11-20)30(42)35-23(14-28(40)41)26(38)18-34-32/h5-13,16-19,23,29,33,36H,4,14-15H2,1-3H3,(H,35,42)(H,40,41)/t23-,29-,31?/m0/s1. The third kappa shape index (κ3) is 6.72. The summed E-state index contributed by atoms with van der Waals surface area (Å²) in [5.41, 5.74) is 12.7. The summed E-state index contributed by atoms with van der Waals surface area (Å²) in [6, 6.07) is 14.6. The lowest BCUT2D eigenvalue weighted by atomic mass is 9.89. The van der Waals surface area contributed by atoms with Crippen LogP contribution in [0.2, 0.25) is 0 Å². The molecule has 0 spiro atoms. The third-order valence-corrected chi connectivity index (χ3v) is 7.27. The Morgan fingerprint density at radius 3 is 2.47 bits per heavy atom. The Hall–Kier alpha value is -5.06. The van der Waals surface area contributed by atoms with Crippen molar-refractivity contribution in [1.29, 1.82) is 0 Å². The van der Waals surface area contributed by atoms with Crippen LogP contribution in [0.3, 0.4) is 0 Å². The summed E-state index contributed by atoms with van der Waals surface area (Å²) in [5.74, 6) is -3.32. The molecule has 2 heterocycles. The van der Waals surface area contributed by atoms with E-state index in [1.54, 1.807) is 48.4 Å². The van der Waals surface area contributed by atoms with Crippen LogP contribution in [0.15, 0.2) is 72.6 Å². The van der Waals surface area contributed by atoms with Gasteiger partial charge in [-0.25, -0.2) is 0 Å². The second-order valence-corrected chi connectivity index (χ2v) is 10.7. The van der Waals surface area contributed by atoms with E-state index < -0.39 is 41.8 Å². The van der Waals surface area contributed by atoms with Gasteiger partial charge in [-0.05, 0) is 23.6 Å². The molecule has 12 nitrogen and oxygen atoms in total. The zero-order valence-corrected chi connectivity index (χ0v) is 24.1. The maximum Gasteiger partial charge on any atom is 0.325 e. The number of H-pyrrole nitrogens is 1. The van der Waals surface area contributed by atoms with Crippen molar-refractivity contribution in [3.8, 4) is 0 Å². The van der Waals surface area contributed by atoms with Gasteiger partial charge in [0.15, 0.2) is 5.60 Å². The number of aromatic nitrogens is 1. The second-order valence-electron chi connectivity index (χ2n) is 10.7. The number of hydrogen-bond donors (Lipinski definition) is 4. The van der Waals surface area contributed by atoms with Crippen molar-refractivity contribution in [2.24, 2.45) is 5.92 Å². The number of fused-ring (bicyclic) bond motifs is 1. The molecule has 0 bridgehead atoms. The maximum absolute atomic E-state index is 13.9. The molecule has 0 radical (unpaired) electrons. The first-order valence-corrected chi connectivity index (χ1v) is 13.9. The van der Waals surface area contributed by atoms with Crippen molar-refractivity contribution in [2.45, 2.75) is 57.7 Å². The minimum absolute atomic E-state index is 0.0257.